The van der Waals surface area contributed by atoms with E-state index in [-0.39, 0.29) is 19.3 Å². The molecule has 0 unspecified atom stereocenters. The van der Waals surface area contributed by atoms with E-state index in [2.05, 4.69) is 6.08 Å². The second kappa shape index (κ2) is 20.1. The van der Waals surface area contributed by atoms with Crippen LogP contribution in [0.2, 0.25) is 0 Å². The summed E-state index contributed by atoms with van der Waals surface area (Å²) in [6.45, 7) is 11.0. The van der Waals surface area contributed by atoms with Gasteiger partial charge < -0.3 is 28.4 Å². The van der Waals surface area contributed by atoms with E-state index in [9.17, 15) is 9.59 Å². The average molecular weight is 791 g/mol. The van der Waals surface area contributed by atoms with E-state index in [1.54, 1.807) is 9.80 Å². The van der Waals surface area contributed by atoms with Gasteiger partial charge in [-0.1, -0.05) is 133 Å². The van der Waals surface area contributed by atoms with E-state index in [1.165, 1.54) is 0 Å². The van der Waals surface area contributed by atoms with Crippen LogP contribution in [-0.2, 0) is 54.8 Å². The highest BCUT2D eigenvalue weighted by Crippen LogP contribution is 2.36. The Balaban J connectivity index is 1.30. The highest BCUT2D eigenvalue weighted by Gasteiger charge is 2.53. The van der Waals surface area contributed by atoms with Crippen molar-refractivity contribution in [1.29, 1.82) is 0 Å². The average Bonchev–Trinajstić information content (AvgIpc) is 3.69. The largest absolute Gasteiger partial charge is 0.445 e. The van der Waals surface area contributed by atoms with Crippen LogP contribution in [0.25, 0.3) is 0 Å². The van der Waals surface area contributed by atoms with Crippen molar-refractivity contribution in [3.8, 4) is 0 Å². The van der Waals surface area contributed by atoms with E-state index in [0.29, 0.717) is 39.3 Å². The van der Waals surface area contributed by atoms with Crippen molar-refractivity contribution in [3.05, 3.63) is 156 Å². The lowest BCUT2D eigenvalue weighted by atomic mass is 10.0. The third kappa shape index (κ3) is 11.8. The standard InChI is InChI=1S/C48H58N2O8/c1-47(2,3)58-46(52)50-40(34-57-48(50,4)5)28-18-19-29-41-43(54-31-37-22-12-7-13-23-37)44(55-32-38-24-14-8-15-25-38)42(35-53-30-36-20-10-6-11-21-36)49(41)45(51)56-33-39-26-16-9-17-27-39/h6-27,40-44H,28-35H2,1-5H3/b19-18+/t40-,41-,42-,43-,44+/m0/s1. The number of nitrogens with zero attached hydrogens (tertiary/aromatic N) is 2. The molecule has 0 aliphatic carbocycles. The van der Waals surface area contributed by atoms with Gasteiger partial charge in [0, 0.05) is 0 Å². The number of ether oxygens (including phenoxy) is 6. The van der Waals surface area contributed by atoms with Crippen molar-refractivity contribution < 1.29 is 38.0 Å². The summed E-state index contributed by atoms with van der Waals surface area (Å²) in [4.78, 5) is 31.3. The quantitative estimate of drug-likeness (QED) is 0.104. The van der Waals surface area contributed by atoms with E-state index >= 15 is 0 Å². The maximum Gasteiger partial charge on any atom is 0.412 e. The number of carbonyl (C=O) groups excluding carboxylic acids is 2. The Morgan fingerprint density at radius 2 is 1.12 bits per heavy atom. The molecule has 6 rings (SSSR count). The molecule has 0 saturated carbocycles. The van der Waals surface area contributed by atoms with Crippen molar-refractivity contribution in [2.24, 2.45) is 0 Å². The Kier molecular flexibility index (Phi) is 14.8. The Labute approximate surface area is 343 Å². The summed E-state index contributed by atoms with van der Waals surface area (Å²) in [6.07, 6.45) is 3.07. The lowest BCUT2D eigenvalue weighted by Gasteiger charge is -2.35. The number of benzene rings is 4. The maximum atomic E-state index is 14.5. The molecule has 2 saturated heterocycles. The zero-order valence-corrected chi connectivity index (χ0v) is 34.4. The minimum absolute atomic E-state index is 0.110. The smallest absolute Gasteiger partial charge is 0.412 e. The fraction of sp³-hybridized carbons (Fsp3) is 0.417. The third-order valence-corrected chi connectivity index (χ3v) is 10.3. The van der Waals surface area contributed by atoms with Crippen molar-refractivity contribution in [3.63, 3.8) is 0 Å². The topological polar surface area (TPSA) is 96.0 Å². The predicted octanol–water partition coefficient (Wildman–Crippen LogP) is 9.47. The van der Waals surface area contributed by atoms with Crippen molar-refractivity contribution >= 4 is 12.2 Å². The molecule has 0 spiro atoms. The van der Waals surface area contributed by atoms with Gasteiger partial charge in [0.1, 0.15) is 30.1 Å². The highest BCUT2D eigenvalue weighted by atomic mass is 16.6. The number of rotatable bonds is 16. The molecule has 0 aromatic heterocycles. The Hall–Kier alpha value is -5.00. The first-order valence-electron chi connectivity index (χ1n) is 20.2. The Bertz CT molecular complexity index is 1880. The van der Waals surface area contributed by atoms with E-state index in [4.69, 9.17) is 28.4 Å². The Morgan fingerprint density at radius 1 is 0.655 bits per heavy atom. The first-order valence-corrected chi connectivity index (χ1v) is 20.2. The van der Waals surface area contributed by atoms with Gasteiger partial charge in [-0.15, -0.1) is 0 Å². The van der Waals surface area contributed by atoms with Crippen LogP contribution < -0.4 is 0 Å². The number of likely N-dealkylation sites (tertiary alicyclic amines) is 1. The summed E-state index contributed by atoms with van der Waals surface area (Å²) >= 11 is 0. The van der Waals surface area contributed by atoms with Gasteiger partial charge in [0.2, 0.25) is 0 Å². The molecular formula is C48H58N2O8. The van der Waals surface area contributed by atoms with E-state index < -0.39 is 47.8 Å². The van der Waals surface area contributed by atoms with Gasteiger partial charge in [-0.3, -0.25) is 9.80 Å². The summed E-state index contributed by atoms with van der Waals surface area (Å²) in [5, 5.41) is 0. The zero-order valence-electron chi connectivity index (χ0n) is 34.4. The number of hydrogen-bond acceptors (Lipinski definition) is 8. The SMILES string of the molecule is CC(C)(C)OC(=O)N1[C@@H](C/C=C/C[C@H]2[C@H](OCc3ccccc3)[C@H](OCc3ccccc3)[C@H](COCc3ccccc3)N2C(=O)OCc2ccccc2)COC1(C)C. The molecule has 2 fully saturated rings. The zero-order chi connectivity index (χ0) is 41.0. The molecule has 2 heterocycles. The van der Waals surface area contributed by atoms with Crippen LogP contribution in [0.1, 0.15) is 69.7 Å². The molecule has 2 aliphatic rings. The van der Waals surface area contributed by atoms with Gasteiger partial charge in [0.15, 0.2) is 0 Å². The molecule has 4 aromatic carbocycles. The van der Waals surface area contributed by atoms with Crippen LogP contribution in [0, 0.1) is 0 Å². The predicted molar refractivity (Wildman–Crippen MR) is 222 cm³/mol. The molecule has 2 aliphatic heterocycles. The highest BCUT2D eigenvalue weighted by molar-refractivity contribution is 5.70. The van der Waals surface area contributed by atoms with E-state index in [0.717, 1.165) is 22.3 Å². The van der Waals surface area contributed by atoms with Crippen LogP contribution >= 0.6 is 0 Å². The lowest BCUT2D eigenvalue weighted by Crippen LogP contribution is -2.49. The summed E-state index contributed by atoms with van der Waals surface area (Å²) in [6, 6.07) is 38.4. The van der Waals surface area contributed by atoms with Gasteiger partial charge in [-0.05, 0) is 69.7 Å². The molecule has 10 nitrogen and oxygen atoms in total. The van der Waals surface area contributed by atoms with Gasteiger partial charge in [-0.25, -0.2) is 9.59 Å². The van der Waals surface area contributed by atoms with Crippen LogP contribution in [-0.4, -0.2) is 76.9 Å². The molecule has 0 bridgehead atoms. The summed E-state index contributed by atoms with van der Waals surface area (Å²) in [5.74, 6) is 0. The minimum Gasteiger partial charge on any atom is -0.445 e. The fourth-order valence-electron chi connectivity index (χ4n) is 7.53. The number of carbonyl (C=O) groups is 2. The first-order chi connectivity index (χ1) is 28.0. The van der Waals surface area contributed by atoms with Crippen LogP contribution in [0.15, 0.2) is 133 Å². The summed E-state index contributed by atoms with van der Waals surface area (Å²) < 4.78 is 38.0. The van der Waals surface area contributed by atoms with Crippen LogP contribution in [0.3, 0.4) is 0 Å². The second-order valence-electron chi connectivity index (χ2n) is 16.3. The van der Waals surface area contributed by atoms with Gasteiger partial charge >= 0.3 is 12.2 Å². The molecule has 5 atom stereocenters. The van der Waals surface area contributed by atoms with Gasteiger partial charge in [0.25, 0.3) is 0 Å². The number of amides is 2. The molecular weight excluding hydrogens is 733 g/mol. The van der Waals surface area contributed by atoms with E-state index in [1.807, 2.05) is 162 Å². The molecule has 10 heteroatoms. The number of hydrogen-bond donors (Lipinski definition) is 0. The molecule has 58 heavy (non-hydrogen) atoms. The van der Waals surface area contributed by atoms with Crippen molar-refractivity contribution in [1.82, 2.24) is 9.80 Å². The van der Waals surface area contributed by atoms with Crippen LogP contribution in [0.4, 0.5) is 9.59 Å². The molecule has 308 valence electrons. The summed E-state index contributed by atoms with van der Waals surface area (Å²) in [5.41, 5.74) is 2.45. The minimum atomic E-state index is -0.821. The van der Waals surface area contributed by atoms with Crippen LogP contribution in [0.5, 0.6) is 0 Å². The normalized spacial score (nSPS) is 21.7. The van der Waals surface area contributed by atoms with Gasteiger partial charge in [-0.2, -0.15) is 0 Å². The second-order valence-corrected chi connectivity index (χ2v) is 16.3. The fourth-order valence-corrected chi connectivity index (χ4v) is 7.53. The van der Waals surface area contributed by atoms with Crippen molar-refractivity contribution in [2.75, 3.05) is 13.2 Å². The molecule has 0 N–H and O–H groups in total. The van der Waals surface area contributed by atoms with Gasteiger partial charge in [0.05, 0.1) is 51.2 Å². The summed E-state index contributed by atoms with van der Waals surface area (Å²) in [7, 11) is 0. The van der Waals surface area contributed by atoms with Crippen molar-refractivity contribution in [2.45, 2.75) is 116 Å². The monoisotopic (exact) mass is 790 g/mol. The molecule has 4 aromatic rings. The molecule has 0 radical (unpaired) electrons. The Morgan fingerprint density at radius 3 is 1.64 bits per heavy atom. The maximum absolute atomic E-state index is 14.5. The first kappa shape index (κ1) is 42.6. The molecule has 2 amide bonds. The lowest BCUT2D eigenvalue weighted by molar-refractivity contribution is -0.0861. The third-order valence-electron chi connectivity index (χ3n) is 10.3.